The molecule has 0 aliphatic heterocycles. The van der Waals surface area contributed by atoms with Crippen LogP contribution in [0.15, 0.2) is 241 Å². The maximum Gasteiger partial charge on any atom is 0.164 e. The van der Waals surface area contributed by atoms with E-state index in [4.69, 9.17) is 19.4 Å². The molecule has 0 bridgehead atoms. The van der Waals surface area contributed by atoms with E-state index in [9.17, 15) is 0 Å². The molecule has 14 rings (SSSR count). The summed E-state index contributed by atoms with van der Waals surface area (Å²) in [5.41, 5.74) is 21.4. The lowest BCUT2D eigenvalue weighted by Gasteiger charge is -2.31. The highest BCUT2D eigenvalue weighted by atomic mass is 16.3. The second-order valence-corrected chi connectivity index (χ2v) is 17.8. The number of furan rings is 1. The lowest BCUT2D eigenvalue weighted by atomic mass is 9.70. The molecule has 10 aromatic carbocycles. The van der Waals surface area contributed by atoms with Crippen molar-refractivity contribution in [3.8, 4) is 89.8 Å². The van der Waals surface area contributed by atoms with Crippen LogP contribution in [0.4, 0.5) is 0 Å². The highest BCUT2D eigenvalue weighted by molar-refractivity contribution is 6.07. The standard InChI is InChI=1S/C64H39N3O/c1-3-16-42(17-4-1)61-65-62(43-18-5-2-6-19-43)67-63(66-61)46-21-15-20-44(36-46)40-30-32-41(33-31-40)52-39-58-53(38-51(52)45-34-35-60-54(37-45)50-25-10-14-29-59(50)68-60)49-24-9-13-28-57(49)64(58)55-26-11-7-22-47(55)48-23-8-12-27-56(48)64/h1-39H. The molecule has 0 amide bonds. The van der Waals surface area contributed by atoms with Gasteiger partial charge in [-0.1, -0.05) is 200 Å². The van der Waals surface area contributed by atoms with Gasteiger partial charge < -0.3 is 4.42 Å². The summed E-state index contributed by atoms with van der Waals surface area (Å²) in [6, 6.07) is 84.9. The first-order valence-corrected chi connectivity index (χ1v) is 23.2. The molecule has 12 aromatic rings. The van der Waals surface area contributed by atoms with E-state index < -0.39 is 5.41 Å². The van der Waals surface area contributed by atoms with E-state index in [2.05, 4.69) is 170 Å². The van der Waals surface area contributed by atoms with Gasteiger partial charge in [-0.15, -0.1) is 0 Å². The number of aromatic nitrogens is 3. The summed E-state index contributed by atoms with van der Waals surface area (Å²) in [7, 11) is 0. The molecular weight excluding hydrogens is 827 g/mol. The Labute approximate surface area is 393 Å². The molecule has 0 saturated heterocycles. The predicted octanol–water partition coefficient (Wildman–Crippen LogP) is 16.1. The minimum Gasteiger partial charge on any atom is -0.456 e. The maximum atomic E-state index is 6.34. The molecular formula is C64H39N3O. The van der Waals surface area contributed by atoms with Gasteiger partial charge in [-0.2, -0.15) is 0 Å². The number of hydrogen-bond donors (Lipinski definition) is 0. The van der Waals surface area contributed by atoms with Crippen LogP contribution in [0.1, 0.15) is 22.3 Å². The molecule has 2 aromatic heterocycles. The first-order chi connectivity index (χ1) is 33.7. The molecule has 0 unspecified atom stereocenters. The Morgan fingerprint density at radius 2 is 0.721 bits per heavy atom. The number of benzene rings is 10. The monoisotopic (exact) mass is 865 g/mol. The highest BCUT2D eigenvalue weighted by Crippen LogP contribution is 2.63. The van der Waals surface area contributed by atoms with Gasteiger partial charge in [-0.3, -0.25) is 0 Å². The fraction of sp³-hybridized carbons (Fsp3) is 0.0156. The first-order valence-electron chi connectivity index (χ1n) is 23.2. The van der Waals surface area contributed by atoms with Gasteiger partial charge in [0.25, 0.3) is 0 Å². The minimum atomic E-state index is -0.465. The first kappa shape index (κ1) is 38.3. The van der Waals surface area contributed by atoms with Crippen LogP contribution in [-0.4, -0.2) is 15.0 Å². The molecule has 1 spiro atoms. The number of hydrogen-bond acceptors (Lipinski definition) is 4. The summed E-state index contributed by atoms with van der Waals surface area (Å²) in [4.78, 5) is 15.0. The number of rotatable bonds is 6. The zero-order valence-electron chi connectivity index (χ0n) is 36.8. The van der Waals surface area contributed by atoms with E-state index in [0.29, 0.717) is 17.5 Å². The van der Waals surface area contributed by atoms with Crippen molar-refractivity contribution in [2.45, 2.75) is 5.41 Å². The summed E-state index contributed by atoms with van der Waals surface area (Å²) >= 11 is 0. The van der Waals surface area contributed by atoms with Crippen LogP contribution in [0.2, 0.25) is 0 Å². The van der Waals surface area contributed by atoms with Crippen molar-refractivity contribution in [1.82, 2.24) is 15.0 Å². The van der Waals surface area contributed by atoms with Crippen molar-refractivity contribution >= 4 is 21.9 Å². The van der Waals surface area contributed by atoms with Gasteiger partial charge in [-0.05, 0) is 114 Å². The van der Waals surface area contributed by atoms with Crippen LogP contribution in [-0.2, 0) is 5.41 Å². The predicted molar refractivity (Wildman–Crippen MR) is 276 cm³/mol. The SMILES string of the molecule is c1ccc(-c2nc(-c3ccccc3)nc(-c3cccc(-c4ccc(-c5cc6c(cc5-c5ccc7oc8ccccc8c7c5)-c5ccccc5C65c6ccccc6-c6ccccc65)cc4)c3)n2)cc1. The van der Waals surface area contributed by atoms with Crippen molar-refractivity contribution in [1.29, 1.82) is 0 Å². The van der Waals surface area contributed by atoms with Gasteiger partial charge in [0, 0.05) is 27.5 Å². The topological polar surface area (TPSA) is 51.8 Å². The van der Waals surface area contributed by atoms with Gasteiger partial charge >= 0.3 is 0 Å². The van der Waals surface area contributed by atoms with Crippen molar-refractivity contribution in [2.75, 3.05) is 0 Å². The number of nitrogens with zero attached hydrogens (tertiary/aromatic N) is 3. The van der Waals surface area contributed by atoms with Crippen molar-refractivity contribution < 1.29 is 4.42 Å². The molecule has 2 aliphatic carbocycles. The average Bonchev–Trinajstić information content (AvgIpc) is 4.04. The smallest absolute Gasteiger partial charge is 0.164 e. The molecule has 316 valence electrons. The maximum absolute atomic E-state index is 6.34. The second kappa shape index (κ2) is 15.0. The fourth-order valence-electron chi connectivity index (χ4n) is 11.1. The van der Waals surface area contributed by atoms with E-state index in [1.165, 1.54) is 55.6 Å². The Balaban J connectivity index is 0.940. The summed E-state index contributed by atoms with van der Waals surface area (Å²) in [5, 5.41) is 2.23. The minimum absolute atomic E-state index is 0.465. The molecule has 0 fully saturated rings. The Morgan fingerprint density at radius 1 is 0.250 bits per heavy atom. The fourth-order valence-corrected chi connectivity index (χ4v) is 11.1. The second-order valence-electron chi connectivity index (χ2n) is 17.8. The molecule has 4 heteroatoms. The molecule has 0 saturated carbocycles. The van der Waals surface area contributed by atoms with Crippen molar-refractivity contribution in [2.24, 2.45) is 0 Å². The third-order valence-corrected chi connectivity index (χ3v) is 14.2. The number of fused-ring (bicyclic) bond motifs is 13. The van der Waals surface area contributed by atoms with Gasteiger partial charge in [0.2, 0.25) is 0 Å². The summed E-state index contributed by atoms with van der Waals surface area (Å²) in [5.74, 6) is 1.92. The largest absolute Gasteiger partial charge is 0.456 e. The zero-order chi connectivity index (χ0) is 44.8. The molecule has 4 nitrogen and oxygen atoms in total. The average molecular weight is 866 g/mol. The van der Waals surface area contributed by atoms with E-state index in [1.807, 2.05) is 66.7 Å². The van der Waals surface area contributed by atoms with Crippen molar-refractivity contribution in [3.63, 3.8) is 0 Å². The Hall–Kier alpha value is -8.99. The van der Waals surface area contributed by atoms with Gasteiger partial charge in [0.15, 0.2) is 17.5 Å². The molecule has 2 heterocycles. The summed E-state index contributed by atoms with van der Waals surface area (Å²) in [6.07, 6.45) is 0. The van der Waals surface area contributed by atoms with Gasteiger partial charge in [0.1, 0.15) is 11.2 Å². The summed E-state index contributed by atoms with van der Waals surface area (Å²) in [6.45, 7) is 0. The van der Waals surface area contributed by atoms with E-state index in [1.54, 1.807) is 0 Å². The Morgan fingerprint density at radius 3 is 1.37 bits per heavy atom. The zero-order valence-corrected chi connectivity index (χ0v) is 36.8. The van der Waals surface area contributed by atoms with Crippen LogP contribution in [0.3, 0.4) is 0 Å². The molecule has 0 N–H and O–H groups in total. The van der Waals surface area contributed by atoms with Crippen LogP contribution >= 0.6 is 0 Å². The Bertz CT molecular complexity index is 3860. The van der Waals surface area contributed by atoms with E-state index in [-0.39, 0.29) is 0 Å². The lowest BCUT2D eigenvalue weighted by molar-refractivity contribution is 0.669. The molecule has 0 radical (unpaired) electrons. The molecule has 0 atom stereocenters. The van der Waals surface area contributed by atoms with Crippen LogP contribution in [0.25, 0.3) is 112 Å². The van der Waals surface area contributed by atoms with Crippen molar-refractivity contribution in [3.05, 3.63) is 259 Å². The summed E-state index contributed by atoms with van der Waals surface area (Å²) < 4.78 is 6.34. The lowest BCUT2D eigenvalue weighted by Crippen LogP contribution is -2.25. The molecule has 2 aliphatic rings. The van der Waals surface area contributed by atoms with E-state index in [0.717, 1.165) is 60.9 Å². The molecule has 68 heavy (non-hydrogen) atoms. The third kappa shape index (κ3) is 5.77. The third-order valence-electron chi connectivity index (χ3n) is 14.2. The highest BCUT2D eigenvalue weighted by Gasteiger charge is 2.51. The quantitative estimate of drug-likeness (QED) is 0.167. The normalized spacial score (nSPS) is 12.8. The van der Waals surface area contributed by atoms with Crippen LogP contribution < -0.4 is 0 Å². The van der Waals surface area contributed by atoms with Gasteiger partial charge in [-0.25, -0.2) is 15.0 Å². The van der Waals surface area contributed by atoms with E-state index >= 15 is 0 Å². The Kier molecular flexibility index (Phi) is 8.46. The van der Waals surface area contributed by atoms with Crippen LogP contribution in [0, 0.1) is 0 Å². The van der Waals surface area contributed by atoms with Gasteiger partial charge in [0.05, 0.1) is 5.41 Å². The number of para-hydroxylation sites is 1. The van der Waals surface area contributed by atoms with Crippen LogP contribution in [0.5, 0.6) is 0 Å².